The Hall–Kier alpha value is -1.39. The lowest BCUT2D eigenvalue weighted by Crippen LogP contribution is -2.16. The van der Waals surface area contributed by atoms with Crippen LogP contribution in [0.25, 0.3) is 0 Å². The number of aromatic nitrogens is 2. The number of benzene rings is 1. The molecular formula is C12H13ClFN3. The van der Waals surface area contributed by atoms with Gasteiger partial charge in [0.25, 0.3) is 0 Å². The molecule has 0 aliphatic heterocycles. The molecule has 0 saturated heterocycles. The average Bonchev–Trinajstić information content (AvgIpc) is 2.71. The molecule has 0 fully saturated rings. The first-order chi connectivity index (χ1) is 8.18. The van der Waals surface area contributed by atoms with Crippen LogP contribution in [-0.2, 0) is 20.1 Å². The molecule has 0 unspecified atom stereocenters. The predicted molar refractivity (Wildman–Crippen MR) is 65.2 cm³/mol. The molecule has 0 bridgehead atoms. The summed E-state index contributed by atoms with van der Waals surface area (Å²) in [6, 6.07) is 4.81. The zero-order chi connectivity index (χ0) is 12.3. The topological polar surface area (TPSA) is 29.9 Å². The van der Waals surface area contributed by atoms with Crippen molar-refractivity contribution in [3.8, 4) is 0 Å². The fourth-order valence-corrected chi connectivity index (χ4v) is 1.75. The first kappa shape index (κ1) is 12.1. The summed E-state index contributed by atoms with van der Waals surface area (Å²) >= 11 is 5.85. The van der Waals surface area contributed by atoms with Crippen molar-refractivity contribution in [2.24, 2.45) is 7.05 Å². The van der Waals surface area contributed by atoms with E-state index in [2.05, 4.69) is 10.3 Å². The fourth-order valence-electron chi connectivity index (χ4n) is 1.56. The van der Waals surface area contributed by atoms with E-state index in [-0.39, 0.29) is 10.8 Å². The van der Waals surface area contributed by atoms with Gasteiger partial charge in [0.15, 0.2) is 0 Å². The second-order valence-corrected chi connectivity index (χ2v) is 4.15. The van der Waals surface area contributed by atoms with Gasteiger partial charge < -0.3 is 9.88 Å². The van der Waals surface area contributed by atoms with Gasteiger partial charge in [-0.15, -0.1) is 0 Å². The minimum absolute atomic E-state index is 0.180. The van der Waals surface area contributed by atoms with Crippen LogP contribution in [0.4, 0.5) is 4.39 Å². The zero-order valence-corrected chi connectivity index (χ0v) is 10.2. The number of nitrogens with one attached hydrogen (secondary N) is 1. The predicted octanol–water partition coefficient (Wildman–Crippen LogP) is 2.50. The number of hydrogen-bond donors (Lipinski definition) is 1. The summed E-state index contributed by atoms with van der Waals surface area (Å²) in [6.45, 7) is 1.14. The summed E-state index contributed by atoms with van der Waals surface area (Å²) in [4.78, 5) is 4.18. The van der Waals surface area contributed by atoms with Crippen molar-refractivity contribution in [1.82, 2.24) is 14.9 Å². The minimum atomic E-state index is -0.386. The molecule has 0 atom stereocenters. The fraction of sp³-hybridized carbons (Fsp3) is 0.250. The molecule has 0 radical (unpaired) electrons. The summed E-state index contributed by atoms with van der Waals surface area (Å²) in [6.07, 6.45) is 3.62. The first-order valence-corrected chi connectivity index (χ1v) is 5.66. The van der Waals surface area contributed by atoms with Crippen LogP contribution < -0.4 is 5.32 Å². The van der Waals surface area contributed by atoms with Gasteiger partial charge in [-0.25, -0.2) is 9.37 Å². The molecule has 1 N–H and O–H groups in total. The first-order valence-electron chi connectivity index (χ1n) is 5.28. The van der Waals surface area contributed by atoms with E-state index in [1.807, 2.05) is 17.8 Å². The Morgan fingerprint density at radius 1 is 1.41 bits per heavy atom. The molecule has 0 amide bonds. The van der Waals surface area contributed by atoms with E-state index in [1.54, 1.807) is 18.3 Å². The zero-order valence-electron chi connectivity index (χ0n) is 9.45. The highest BCUT2D eigenvalue weighted by Crippen LogP contribution is 2.19. The van der Waals surface area contributed by atoms with Crippen LogP contribution in [0.1, 0.15) is 11.4 Å². The Balaban J connectivity index is 1.95. The number of imidazole rings is 1. The van der Waals surface area contributed by atoms with Crippen LogP contribution in [-0.4, -0.2) is 9.55 Å². The van der Waals surface area contributed by atoms with Crippen molar-refractivity contribution in [2.75, 3.05) is 0 Å². The highest BCUT2D eigenvalue weighted by atomic mass is 35.5. The van der Waals surface area contributed by atoms with Crippen molar-refractivity contribution in [3.05, 3.63) is 52.8 Å². The van der Waals surface area contributed by atoms with E-state index in [0.29, 0.717) is 13.1 Å². The molecule has 0 saturated carbocycles. The Kier molecular flexibility index (Phi) is 3.76. The molecule has 0 spiro atoms. The van der Waals surface area contributed by atoms with Gasteiger partial charge in [0.1, 0.15) is 11.6 Å². The molecule has 90 valence electrons. The summed E-state index contributed by atoms with van der Waals surface area (Å²) in [7, 11) is 1.93. The maximum atomic E-state index is 13.2. The molecular weight excluding hydrogens is 241 g/mol. The van der Waals surface area contributed by atoms with Crippen LogP contribution >= 0.6 is 11.6 Å². The Morgan fingerprint density at radius 3 is 2.94 bits per heavy atom. The summed E-state index contributed by atoms with van der Waals surface area (Å²) in [5, 5.41) is 3.36. The molecule has 0 aliphatic carbocycles. The lowest BCUT2D eigenvalue weighted by molar-refractivity contribution is 0.613. The van der Waals surface area contributed by atoms with Crippen molar-refractivity contribution >= 4 is 11.6 Å². The third kappa shape index (κ3) is 2.84. The molecule has 2 aromatic rings. The van der Waals surface area contributed by atoms with Gasteiger partial charge in [0, 0.05) is 26.0 Å². The Morgan fingerprint density at radius 2 is 2.24 bits per heavy atom. The van der Waals surface area contributed by atoms with Gasteiger partial charge >= 0.3 is 0 Å². The lowest BCUT2D eigenvalue weighted by Gasteiger charge is -2.07. The second kappa shape index (κ2) is 5.29. The van der Waals surface area contributed by atoms with Gasteiger partial charge in [-0.2, -0.15) is 0 Å². The Bertz CT molecular complexity index is 510. The van der Waals surface area contributed by atoms with E-state index in [1.165, 1.54) is 6.07 Å². The maximum Gasteiger partial charge on any atom is 0.142 e. The normalized spacial score (nSPS) is 10.8. The van der Waals surface area contributed by atoms with Gasteiger partial charge in [-0.05, 0) is 11.6 Å². The SMILES string of the molecule is Cn1ccnc1CNCc1cccc(F)c1Cl. The van der Waals surface area contributed by atoms with Crippen molar-refractivity contribution in [1.29, 1.82) is 0 Å². The Labute approximate surface area is 104 Å². The summed E-state index contributed by atoms with van der Waals surface area (Å²) in [5.41, 5.74) is 0.751. The lowest BCUT2D eigenvalue weighted by atomic mass is 10.2. The van der Waals surface area contributed by atoms with Gasteiger partial charge in [-0.1, -0.05) is 23.7 Å². The summed E-state index contributed by atoms with van der Waals surface area (Å²) < 4.78 is 15.1. The highest BCUT2D eigenvalue weighted by Gasteiger charge is 2.05. The number of halogens is 2. The van der Waals surface area contributed by atoms with E-state index >= 15 is 0 Å². The van der Waals surface area contributed by atoms with Gasteiger partial charge in [0.05, 0.1) is 11.6 Å². The highest BCUT2D eigenvalue weighted by molar-refractivity contribution is 6.31. The molecule has 1 aromatic heterocycles. The number of rotatable bonds is 4. The molecule has 0 aliphatic rings. The number of hydrogen-bond acceptors (Lipinski definition) is 2. The van der Waals surface area contributed by atoms with Crippen molar-refractivity contribution in [2.45, 2.75) is 13.1 Å². The van der Waals surface area contributed by atoms with Crippen LogP contribution in [0.2, 0.25) is 5.02 Å². The smallest absolute Gasteiger partial charge is 0.142 e. The van der Waals surface area contributed by atoms with Crippen LogP contribution in [0.5, 0.6) is 0 Å². The number of nitrogens with zero attached hydrogens (tertiary/aromatic N) is 2. The van der Waals surface area contributed by atoms with Crippen LogP contribution in [0.15, 0.2) is 30.6 Å². The van der Waals surface area contributed by atoms with E-state index in [9.17, 15) is 4.39 Å². The molecule has 1 aromatic carbocycles. The maximum absolute atomic E-state index is 13.2. The largest absolute Gasteiger partial charge is 0.337 e. The third-order valence-corrected chi connectivity index (χ3v) is 2.97. The third-order valence-electron chi connectivity index (χ3n) is 2.55. The van der Waals surface area contributed by atoms with Crippen LogP contribution in [0, 0.1) is 5.82 Å². The van der Waals surface area contributed by atoms with E-state index in [0.717, 1.165) is 11.4 Å². The van der Waals surface area contributed by atoms with Crippen molar-refractivity contribution in [3.63, 3.8) is 0 Å². The van der Waals surface area contributed by atoms with Crippen molar-refractivity contribution < 1.29 is 4.39 Å². The monoisotopic (exact) mass is 253 g/mol. The minimum Gasteiger partial charge on any atom is -0.337 e. The van der Waals surface area contributed by atoms with Crippen LogP contribution in [0.3, 0.4) is 0 Å². The molecule has 2 rings (SSSR count). The number of aryl methyl sites for hydroxylation is 1. The summed E-state index contributed by atoms with van der Waals surface area (Å²) in [5.74, 6) is 0.542. The molecule has 17 heavy (non-hydrogen) atoms. The molecule has 1 heterocycles. The molecule has 5 heteroatoms. The van der Waals surface area contributed by atoms with E-state index < -0.39 is 0 Å². The molecule has 3 nitrogen and oxygen atoms in total. The quantitative estimate of drug-likeness (QED) is 0.907. The standard InChI is InChI=1S/C12H13ClFN3/c1-17-6-5-16-11(17)8-15-7-9-3-2-4-10(14)12(9)13/h2-6,15H,7-8H2,1H3. The average molecular weight is 254 g/mol. The van der Waals surface area contributed by atoms with Gasteiger partial charge in [-0.3, -0.25) is 0 Å². The van der Waals surface area contributed by atoms with E-state index in [4.69, 9.17) is 11.6 Å². The second-order valence-electron chi connectivity index (χ2n) is 3.77. The van der Waals surface area contributed by atoms with Gasteiger partial charge in [0.2, 0.25) is 0 Å².